The number of amides is 3. The van der Waals surface area contributed by atoms with Gasteiger partial charge in [0.1, 0.15) is 0 Å². The maximum atomic E-state index is 13.3. The molecule has 12 heteroatoms. The van der Waals surface area contributed by atoms with Crippen LogP contribution in [0.25, 0.3) is 0 Å². The van der Waals surface area contributed by atoms with E-state index < -0.39 is 35.2 Å². The van der Waals surface area contributed by atoms with E-state index >= 15 is 0 Å². The zero-order valence-electron chi connectivity index (χ0n) is 19.7. The van der Waals surface area contributed by atoms with Gasteiger partial charge in [0.05, 0.1) is 22.2 Å². The molecule has 8 nitrogen and oxygen atoms in total. The largest absolute Gasteiger partial charge is 0.481 e. The van der Waals surface area contributed by atoms with E-state index in [1.54, 1.807) is 9.80 Å². The fourth-order valence-electron chi connectivity index (χ4n) is 4.84. The van der Waals surface area contributed by atoms with Crippen LogP contribution in [0, 0.1) is 5.92 Å². The summed E-state index contributed by atoms with van der Waals surface area (Å²) in [5.74, 6) is -2.94. The van der Waals surface area contributed by atoms with Gasteiger partial charge in [-0.2, -0.15) is 13.2 Å². The number of hydrogen-bond donors (Lipinski definition) is 3. The third kappa shape index (κ3) is 5.93. The minimum absolute atomic E-state index is 0.0295. The van der Waals surface area contributed by atoms with Gasteiger partial charge in [0, 0.05) is 37.8 Å². The number of hydrogen-bond acceptors (Lipinski definition) is 4. The quantitative estimate of drug-likeness (QED) is 0.464. The lowest BCUT2D eigenvalue weighted by molar-refractivity contribution is -0.146. The summed E-state index contributed by atoms with van der Waals surface area (Å²) in [5.41, 5.74) is 5.48. The van der Waals surface area contributed by atoms with Gasteiger partial charge < -0.3 is 26.0 Å². The number of likely N-dealkylation sites (tertiary alicyclic amines) is 1. The molecule has 0 spiro atoms. The minimum atomic E-state index is -4.75. The second-order valence-electron chi connectivity index (χ2n) is 9.31. The molecule has 0 bridgehead atoms. The van der Waals surface area contributed by atoms with Crippen molar-refractivity contribution in [3.63, 3.8) is 0 Å². The zero-order valence-corrected chi connectivity index (χ0v) is 20.5. The molecule has 1 saturated heterocycles. The van der Waals surface area contributed by atoms with E-state index in [1.165, 1.54) is 6.07 Å². The first kappa shape index (κ1) is 26.6. The highest BCUT2D eigenvalue weighted by Crippen LogP contribution is 2.38. The first-order valence-electron chi connectivity index (χ1n) is 11.7. The summed E-state index contributed by atoms with van der Waals surface area (Å²) in [5, 5.41) is 12.2. The molecular formula is C25H26ClF3N4O4. The Bertz CT molecular complexity index is 1210. The Hall–Kier alpha value is -3.47. The Balaban J connectivity index is 1.37. The smallest absolute Gasteiger partial charge is 0.418 e. The Kier molecular flexibility index (Phi) is 7.54. The van der Waals surface area contributed by atoms with Gasteiger partial charge in [0.25, 0.3) is 0 Å². The van der Waals surface area contributed by atoms with Gasteiger partial charge >= 0.3 is 18.2 Å². The molecule has 0 saturated carbocycles. The van der Waals surface area contributed by atoms with E-state index in [0.29, 0.717) is 32.5 Å². The van der Waals surface area contributed by atoms with Crippen molar-refractivity contribution in [3.05, 3.63) is 58.1 Å². The summed E-state index contributed by atoms with van der Waals surface area (Å²) in [6.45, 7) is 1.14. The molecule has 3 amide bonds. The van der Waals surface area contributed by atoms with Crippen molar-refractivity contribution < 1.29 is 32.7 Å². The van der Waals surface area contributed by atoms with Crippen molar-refractivity contribution in [3.8, 4) is 0 Å². The van der Waals surface area contributed by atoms with Crippen LogP contribution in [-0.4, -0.2) is 51.9 Å². The molecule has 2 aromatic rings. The molecule has 2 heterocycles. The van der Waals surface area contributed by atoms with E-state index in [9.17, 15) is 32.7 Å². The van der Waals surface area contributed by atoms with E-state index in [-0.39, 0.29) is 35.5 Å². The van der Waals surface area contributed by atoms with Gasteiger partial charge in [-0.05, 0) is 48.6 Å². The van der Waals surface area contributed by atoms with Gasteiger partial charge in [-0.1, -0.05) is 29.8 Å². The number of carboxylic acid groups (broad SMARTS) is 1. The summed E-state index contributed by atoms with van der Waals surface area (Å²) in [6.07, 6.45) is -4.38. The third-order valence-electron chi connectivity index (χ3n) is 6.87. The summed E-state index contributed by atoms with van der Waals surface area (Å²) in [7, 11) is 0. The highest BCUT2D eigenvalue weighted by Gasteiger charge is 2.36. The van der Waals surface area contributed by atoms with E-state index in [2.05, 4.69) is 5.32 Å². The number of fused-ring (bicyclic) bond motifs is 1. The number of nitrogens with one attached hydrogen (secondary N) is 1. The lowest BCUT2D eigenvalue weighted by Gasteiger charge is -2.40. The monoisotopic (exact) mass is 538 g/mol. The number of rotatable bonds is 6. The summed E-state index contributed by atoms with van der Waals surface area (Å²) in [6, 6.07) is 9.22. The Morgan fingerprint density at radius 1 is 1.19 bits per heavy atom. The Morgan fingerprint density at radius 2 is 1.86 bits per heavy atom. The molecule has 4 N–H and O–H groups in total. The van der Waals surface area contributed by atoms with Crippen molar-refractivity contribution in [1.29, 1.82) is 0 Å². The molecule has 1 unspecified atom stereocenters. The average molecular weight is 539 g/mol. The van der Waals surface area contributed by atoms with E-state index in [4.69, 9.17) is 17.3 Å². The van der Waals surface area contributed by atoms with Crippen LogP contribution in [0.5, 0.6) is 0 Å². The number of carboxylic acids is 1. The standard InChI is InChI=1S/C25H26ClF3N4O4/c26-19-11-14(10-18(22(19)30)25(27,28)29)9-16(23(35)36)12-21(34)32-7-5-17(6-8-32)33-13-15-3-1-2-4-20(15)31-24(33)37/h1-4,10-11,16-17H,5-9,12-13,30H2,(H,31,37)(H,35,36). The highest BCUT2D eigenvalue weighted by molar-refractivity contribution is 6.33. The number of aliphatic carboxylic acids is 1. The van der Waals surface area contributed by atoms with Crippen LogP contribution in [0.4, 0.5) is 29.3 Å². The molecule has 0 radical (unpaired) electrons. The van der Waals surface area contributed by atoms with Gasteiger partial charge in [-0.25, -0.2) is 4.79 Å². The van der Waals surface area contributed by atoms with Crippen LogP contribution in [0.15, 0.2) is 36.4 Å². The van der Waals surface area contributed by atoms with Crippen LogP contribution < -0.4 is 11.1 Å². The Morgan fingerprint density at radius 3 is 2.51 bits per heavy atom. The summed E-state index contributed by atoms with van der Waals surface area (Å²) >= 11 is 5.85. The molecule has 2 aliphatic heterocycles. The normalized spacial score (nSPS) is 17.2. The van der Waals surface area contributed by atoms with Crippen molar-refractivity contribution in [2.24, 2.45) is 5.92 Å². The summed E-state index contributed by atoms with van der Waals surface area (Å²) in [4.78, 5) is 40.6. The number of piperidine rings is 1. The number of carbonyl (C=O) groups excluding carboxylic acids is 2. The van der Waals surface area contributed by atoms with Gasteiger partial charge in [0.2, 0.25) is 5.91 Å². The van der Waals surface area contributed by atoms with Crippen LogP contribution in [0.2, 0.25) is 5.02 Å². The predicted molar refractivity (Wildman–Crippen MR) is 131 cm³/mol. The highest BCUT2D eigenvalue weighted by atomic mass is 35.5. The van der Waals surface area contributed by atoms with Crippen LogP contribution in [-0.2, 0) is 28.7 Å². The molecule has 2 aromatic carbocycles. The molecule has 37 heavy (non-hydrogen) atoms. The second kappa shape index (κ2) is 10.5. The first-order valence-corrected chi connectivity index (χ1v) is 12.1. The SMILES string of the molecule is Nc1c(Cl)cc(CC(CC(=O)N2CCC(N3Cc4ccccc4NC3=O)CC2)C(=O)O)cc1C(F)(F)F. The predicted octanol–water partition coefficient (Wildman–Crippen LogP) is 4.61. The topological polar surface area (TPSA) is 116 Å². The third-order valence-corrected chi connectivity index (χ3v) is 7.18. The number of carbonyl (C=O) groups is 3. The molecular weight excluding hydrogens is 513 g/mol. The van der Waals surface area contributed by atoms with Gasteiger partial charge in [0.15, 0.2) is 0 Å². The van der Waals surface area contributed by atoms with Crippen LogP contribution in [0.3, 0.4) is 0 Å². The lowest BCUT2D eigenvalue weighted by atomic mass is 9.93. The van der Waals surface area contributed by atoms with Crippen molar-refractivity contribution in [2.45, 2.75) is 44.4 Å². The lowest BCUT2D eigenvalue weighted by Crippen LogP contribution is -2.51. The molecule has 0 aliphatic carbocycles. The molecule has 198 valence electrons. The fraction of sp³-hybridized carbons (Fsp3) is 0.400. The average Bonchev–Trinajstić information content (AvgIpc) is 2.84. The van der Waals surface area contributed by atoms with Gasteiger partial charge in [-0.3, -0.25) is 9.59 Å². The van der Waals surface area contributed by atoms with Crippen LogP contribution in [0.1, 0.15) is 36.0 Å². The minimum Gasteiger partial charge on any atom is -0.481 e. The Labute approximate surface area is 216 Å². The zero-order chi connectivity index (χ0) is 26.9. The summed E-state index contributed by atoms with van der Waals surface area (Å²) < 4.78 is 39.8. The number of alkyl halides is 3. The van der Waals surface area contributed by atoms with Gasteiger partial charge in [-0.15, -0.1) is 0 Å². The van der Waals surface area contributed by atoms with Crippen molar-refractivity contribution in [1.82, 2.24) is 9.80 Å². The molecule has 4 rings (SSSR count). The van der Waals surface area contributed by atoms with Crippen LogP contribution >= 0.6 is 11.6 Å². The number of benzene rings is 2. The van der Waals surface area contributed by atoms with Crippen molar-refractivity contribution >= 4 is 40.9 Å². The maximum Gasteiger partial charge on any atom is 0.418 e. The number of nitrogens with two attached hydrogens (primary N) is 1. The molecule has 1 fully saturated rings. The van der Waals surface area contributed by atoms with E-state index in [1.807, 2.05) is 24.3 Å². The number of nitrogen functional groups attached to an aromatic ring is 1. The number of anilines is 2. The molecule has 1 atom stereocenters. The maximum absolute atomic E-state index is 13.3. The number of para-hydroxylation sites is 1. The number of nitrogens with zero attached hydrogens (tertiary/aromatic N) is 2. The van der Waals surface area contributed by atoms with E-state index in [0.717, 1.165) is 17.3 Å². The second-order valence-corrected chi connectivity index (χ2v) is 9.71. The first-order chi connectivity index (χ1) is 17.4. The molecule has 2 aliphatic rings. The number of halogens is 4. The molecule has 0 aromatic heterocycles. The fourth-order valence-corrected chi connectivity index (χ4v) is 5.08. The number of urea groups is 1. The van der Waals surface area contributed by atoms with Crippen molar-refractivity contribution in [2.75, 3.05) is 24.1 Å².